The molecule has 0 spiro atoms. The van der Waals surface area contributed by atoms with Crippen LogP contribution in [0, 0.1) is 24.7 Å². The van der Waals surface area contributed by atoms with Gasteiger partial charge in [0.15, 0.2) is 5.76 Å². The summed E-state index contributed by atoms with van der Waals surface area (Å²) in [4.78, 5) is 44.6. The fourth-order valence-corrected chi connectivity index (χ4v) is 6.84. The Morgan fingerprint density at radius 1 is 1.04 bits per heavy atom. The van der Waals surface area contributed by atoms with E-state index in [9.17, 15) is 18.6 Å². The molecule has 11 heteroatoms. The summed E-state index contributed by atoms with van der Waals surface area (Å²) in [6, 6.07) is 19.2. The Morgan fingerprint density at radius 3 is 2.61 bits per heavy atom. The van der Waals surface area contributed by atoms with Crippen molar-refractivity contribution in [1.82, 2.24) is 14.6 Å². The summed E-state index contributed by atoms with van der Waals surface area (Å²) >= 11 is 0. The molecule has 1 saturated heterocycles. The molecule has 2 unspecified atom stereocenters. The van der Waals surface area contributed by atoms with Gasteiger partial charge in [-0.3, -0.25) is 24.1 Å². The van der Waals surface area contributed by atoms with Crippen molar-refractivity contribution in [2.24, 2.45) is 5.92 Å². The molecule has 2 aromatic carbocycles. The first-order valence-corrected chi connectivity index (χ1v) is 16.3. The Hall–Kier alpha value is -5.18. The van der Waals surface area contributed by atoms with E-state index in [1.54, 1.807) is 73.0 Å². The molecule has 10 nitrogen and oxygen atoms in total. The lowest BCUT2D eigenvalue weighted by molar-refractivity contribution is -0.144. The molecule has 1 aliphatic rings. The van der Waals surface area contributed by atoms with Gasteiger partial charge in [0.2, 0.25) is 0 Å². The second-order valence-electron chi connectivity index (χ2n) is 10.8. The quantitative estimate of drug-likeness (QED) is 0.158. The number of hydrogen-bond donors (Lipinski definition) is 2. The predicted octanol–water partition coefficient (Wildman–Crippen LogP) is 4.31. The van der Waals surface area contributed by atoms with Gasteiger partial charge in [0, 0.05) is 52.8 Å². The van der Waals surface area contributed by atoms with Gasteiger partial charge in [-0.1, -0.05) is 36.1 Å². The molecule has 2 atom stereocenters. The molecule has 2 amide bonds. The van der Waals surface area contributed by atoms with E-state index in [1.807, 2.05) is 6.07 Å². The van der Waals surface area contributed by atoms with Crippen molar-refractivity contribution in [2.45, 2.75) is 24.7 Å². The van der Waals surface area contributed by atoms with Crippen molar-refractivity contribution in [3.8, 4) is 11.8 Å². The van der Waals surface area contributed by atoms with E-state index in [1.165, 1.54) is 25.8 Å². The number of anilines is 1. The summed E-state index contributed by atoms with van der Waals surface area (Å²) in [6.45, 7) is 3.71. The minimum absolute atomic E-state index is 0.160. The van der Waals surface area contributed by atoms with Gasteiger partial charge in [0.05, 0.1) is 34.6 Å². The van der Waals surface area contributed by atoms with Crippen LogP contribution in [0.5, 0.6) is 0 Å². The van der Waals surface area contributed by atoms with Gasteiger partial charge in [-0.2, -0.15) is 0 Å². The summed E-state index contributed by atoms with van der Waals surface area (Å²) < 4.78 is 27.1. The molecule has 0 aliphatic carbocycles. The van der Waals surface area contributed by atoms with Crippen LogP contribution in [0.15, 0.2) is 94.7 Å². The maximum atomic E-state index is 14.2. The number of furan rings is 1. The number of pyridine rings is 1. The summed E-state index contributed by atoms with van der Waals surface area (Å²) in [6.07, 6.45) is 5.55. The number of rotatable bonds is 9. The number of nitrogens with one attached hydrogen (secondary N) is 2. The second kappa shape index (κ2) is 14.7. The first-order valence-electron chi connectivity index (χ1n) is 14.7. The third-order valence-electron chi connectivity index (χ3n) is 7.48. The van der Waals surface area contributed by atoms with Crippen LogP contribution in [-0.4, -0.2) is 64.0 Å². The predicted molar refractivity (Wildman–Crippen MR) is 176 cm³/mol. The number of methoxy groups -OCH3 is 1. The van der Waals surface area contributed by atoms with Crippen LogP contribution in [0.25, 0.3) is 0 Å². The van der Waals surface area contributed by atoms with Crippen molar-refractivity contribution in [3.63, 3.8) is 0 Å². The van der Waals surface area contributed by atoms with E-state index in [2.05, 4.69) is 31.8 Å². The van der Waals surface area contributed by atoms with Crippen LogP contribution < -0.4 is 10.0 Å². The van der Waals surface area contributed by atoms with Crippen molar-refractivity contribution in [2.75, 3.05) is 32.1 Å². The molecular weight excluding hydrogens is 604 g/mol. The minimum atomic E-state index is -3.09. The first kappa shape index (κ1) is 32.2. The van der Waals surface area contributed by atoms with Gasteiger partial charge >= 0.3 is 5.97 Å². The van der Waals surface area contributed by atoms with Crippen LogP contribution in [0.3, 0.4) is 0 Å². The molecular formula is C35H34N4O6S. The molecule has 2 N–H and O–H groups in total. The smallest absolute Gasteiger partial charge is 0.310 e. The third-order valence-corrected chi connectivity index (χ3v) is 9.65. The SMILES string of the molecule is COC(=O)C1CCN(CCC=S(=O)(NC(=O)c2cncc(C#Cc3cccc(NC(=O)c4occc4C)c3)c2)c2ccccc2)C1. The molecule has 1 aliphatic heterocycles. The van der Waals surface area contributed by atoms with Crippen LogP contribution in [-0.2, 0) is 19.2 Å². The summed E-state index contributed by atoms with van der Waals surface area (Å²) in [5.74, 6) is 5.00. The molecule has 4 aromatic rings. The largest absolute Gasteiger partial charge is 0.469 e. The van der Waals surface area contributed by atoms with Crippen LogP contribution in [0.1, 0.15) is 50.4 Å². The Morgan fingerprint density at radius 2 is 1.85 bits per heavy atom. The number of ether oxygens (including phenoxy) is 1. The third kappa shape index (κ3) is 8.10. The number of carbonyl (C=O) groups excluding carboxylic acids is 3. The normalized spacial score (nSPS) is 15.6. The lowest BCUT2D eigenvalue weighted by atomic mass is 10.1. The van der Waals surface area contributed by atoms with E-state index in [4.69, 9.17) is 9.15 Å². The number of aryl methyl sites for hydroxylation is 1. The maximum Gasteiger partial charge on any atom is 0.310 e. The first-order chi connectivity index (χ1) is 22.2. The van der Waals surface area contributed by atoms with E-state index in [-0.39, 0.29) is 29.1 Å². The highest BCUT2D eigenvalue weighted by atomic mass is 32.2. The Kier molecular flexibility index (Phi) is 10.3. The minimum Gasteiger partial charge on any atom is -0.469 e. The molecule has 0 saturated carbocycles. The number of benzene rings is 2. The number of hydrogen-bond acceptors (Lipinski definition) is 8. The highest BCUT2D eigenvalue weighted by molar-refractivity contribution is 8.00. The lowest BCUT2D eigenvalue weighted by Crippen LogP contribution is -2.33. The average molecular weight is 639 g/mol. The molecule has 1 fully saturated rings. The zero-order chi connectivity index (χ0) is 32.5. The number of aromatic nitrogens is 1. The molecule has 0 radical (unpaired) electrons. The fraction of sp³-hybridized carbons (Fsp3) is 0.229. The highest BCUT2D eigenvalue weighted by Crippen LogP contribution is 2.18. The van der Waals surface area contributed by atoms with Crippen molar-refractivity contribution in [1.29, 1.82) is 0 Å². The molecule has 0 bridgehead atoms. The molecule has 236 valence electrons. The van der Waals surface area contributed by atoms with Crippen LogP contribution >= 0.6 is 0 Å². The van der Waals surface area contributed by atoms with Gasteiger partial charge in [-0.15, -0.1) is 0 Å². The second-order valence-corrected chi connectivity index (χ2v) is 13.0. The fourth-order valence-electron chi connectivity index (χ4n) is 5.06. The standard InChI is InChI=1S/C35H34N4O6S/c1-25-15-18-45-32(25)34(41)37-30-9-6-8-26(21-30)12-13-27-20-29(23-36-22-27)33(40)38-46(43,31-10-4-3-5-11-31)19-7-16-39-17-14-28(24-39)35(42)44-2/h3-6,8-11,15,18-23,28H,7,14,16-17,24H2,1-2H3,(H,37,41)(H,38,40,43). The van der Waals surface area contributed by atoms with Crippen molar-refractivity contribution in [3.05, 3.63) is 113 Å². The van der Waals surface area contributed by atoms with Gasteiger partial charge in [-0.25, -0.2) is 4.21 Å². The molecule has 5 rings (SSSR count). The number of amides is 2. The summed E-state index contributed by atoms with van der Waals surface area (Å²) in [5.41, 5.74) is 2.62. The summed E-state index contributed by atoms with van der Waals surface area (Å²) in [7, 11) is -1.70. The van der Waals surface area contributed by atoms with Crippen LogP contribution in [0.4, 0.5) is 5.69 Å². The van der Waals surface area contributed by atoms with Crippen molar-refractivity contribution < 1.29 is 27.7 Å². The molecule has 46 heavy (non-hydrogen) atoms. The Bertz CT molecular complexity index is 1920. The number of nitrogens with zero attached hydrogens (tertiary/aromatic N) is 2. The van der Waals surface area contributed by atoms with E-state index in [0.29, 0.717) is 41.2 Å². The topological polar surface area (TPSA) is 131 Å². The number of esters is 1. The van der Waals surface area contributed by atoms with Gasteiger partial charge in [0.1, 0.15) is 0 Å². The van der Waals surface area contributed by atoms with E-state index < -0.39 is 15.6 Å². The Balaban J connectivity index is 1.28. The molecule has 3 heterocycles. The zero-order valence-electron chi connectivity index (χ0n) is 25.5. The maximum absolute atomic E-state index is 14.2. The van der Waals surface area contributed by atoms with E-state index >= 15 is 0 Å². The summed E-state index contributed by atoms with van der Waals surface area (Å²) in [5, 5.41) is 4.45. The Labute approximate surface area is 268 Å². The average Bonchev–Trinajstić information content (AvgIpc) is 3.73. The van der Waals surface area contributed by atoms with Gasteiger partial charge in [0.25, 0.3) is 11.8 Å². The van der Waals surface area contributed by atoms with Gasteiger partial charge < -0.3 is 19.4 Å². The lowest BCUT2D eigenvalue weighted by Gasteiger charge is -2.17. The monoisotopic (exact) mass is 638 g/mol. The number of likely N-dealkylation sites (tertiary alicyclic amines) is 1. The van der Waals surface area contributed by atoms with Crippen LogP contribution in [0.2, 0.25) is 0 Å². The van der Waals surface area contributed by atoms with E-state index in [0.717, 1.165) is 18.5 Å². The highest BCUT2D eigenvalue weighted by Gasteiger charge is 2.28. The van der Waals surface area contributed by atoms with Crippen molar-refractivity contribution >= 4 is 38.5 Å². The molecule has 2 aromatic heterocycles. The zero-order valence-corrected chi connectivity index (χ0v) is 26.3. The number of carbonyl (C=O) groups is 3. The van der Waals surface area contributed by atoms with Gasteiger partial charge in [-0.05, 0) is 74.1 Å².